The summed E-state index contributed by atoms with van der Waals surface area (Å²) < 4.78 is 19.4. The van der Waals surface area contributed by atoms with Crippen LogP contribution in [-0.4, -0.2) is 22.7 Å². The van der Waals surface area contributed by atoms with Crippen LogP contribution in [-0.2, 0) is 11.2 Å². The third kappa shape index (κ3) is 3.18. The van der Waals surface area contributed by atoms with Crippen molar-refractivity contribution < 1.29 is 9.13 Å². The lowest BCUT2D eigenvalue weighted by molar-refractivity contribution is 0.110. The normalized spacial score (nSPS) is 18.1. The molecular weight excluding hydrogens is 314 g/mol. The van der Waals surface area contributed by atoms with Gasteiger partial charge in [-0.3, -0.25) is 0 Å². The van der Waals surface area contributed by atoms with E-state index in [9.17, 15) is 4.39 Å². The third-order valence-electron chi connectivity index (χ3n) is 3.44. The Balaban J connectivity index is 1.94. The van der Waals surface area contributed by atoms with E-state index in [4.69, 9.17) is 27.9 Å². The molecule has 2 heterocycles. The van der Waals surface area contributed by atoms with Gasteiger partial charge in [-0.2, -0.15) is 0 Å². The second-order valence-electron chi connectivity index (χ2n) is 4.92. The van der Waals surface area contributed by atoms with Crippen LogP contribution in [0.25, 0.3) is 11.1 Å². The minimum absolute atomic E-state index is 0.108. The summed E-state index contributed by atoms with van der Waals surface area (Å²) in [7, 11) is 0. The summed E-state index contributed by atoms with van der Waals surface area (Å²) in [5.74, 6) is 0.119. The highest BCUT2D eigenvalue weighted by atomic mass is 35.5. The number of hydrogen-bond acceptors (Lipinski definition) is 3. The Bertz CT molecular complexity index is 637. The molecule has 1 fully saturated rings. The molecule has 1 aliphatic heterocycles. The number of hydrogen-bond donors (Lipinski definition) is 0. The van der Waals surface area contributed by atoms with Gasteiger partial charge in [0.25, 0.3) is 0 Å². The van der Waals surface area contributed by atoms with Gasteiger partial charge in [-0.25, -0.2) is 14.4 Å². The van der Waals surface area contributed by atoms with Gasteiger partial charge in [0, 0.05) is 18.6 Å². The van der Waals surface area contributed by atoms with Crippen molar-refractivity contribution in [2.75, 3.05) is 6.61 Å². The summed E-state index contributed by atoms with van der Waals surface area (Å²) in [5.41, 5.74) is 0.628. The number of halogens is 3. The standard InChI is InChI=1S/C15H13Cl2FN2O/c16-14-13(10-5-1-2-6-11(10)18)15(17)20-12(19-14)8-9-4-3-7-21-9/h1-2,5-6,9H,3-4,7-8H2. The average Bonchev–Trinajstić information content (AvgIpc) is 2.93. The molecule has 1 aromatic heterocycles. The molecule has 1 aliphatic rings. The summed E-state index contributed by atoms with van der Waals surface area (Å²) in [6.45, 7) is 0.763. The maximum Gasteiger partial charge on any atom is 0.142 e. The molecule has 1 saturated heterocycles. The Hall–Kier alpha value is -1.23. The monoisotopic (exact) mass is 326 g/mol. The molecule has 0 N–H and O–H groups in total. The zero-order valence-electron chi connectivity index (χ0n) is 11.2. The van der Waals surface area contributed by atoms with Crippen LogP contribution in [0.5, 0.6) is 0 Å². The minimum atomic E-state index is -0.406. The first-order valence-electron chi connectivity index (χ1n) is 6.73. The smallest absolute Gasteiger partial charge is 0.142 e. The minimum Gasteiger partial charge on any atom is -0.378 e. The highest BCUT2D eigenvalue weighted by Gasteiger charge is 2.21. The average molecular weight is 327 g/mol. The molecule has 0 bridgehead atoms. The Kier molecular flexibility index (Phi) is 4.38. The zero-order valence-corrected chi connectivity index (χ0v) is 12.7. The van der Waals surface area contributed by atoms with E-state index in [0.717, 1.165) is 19.4 Å². The fraction of sp³-hybridized carbons (Fsp3) is 0.333. The van der Waals surface area contributed by atoms with Crippen LogP contribution < -0.4 is 0 Å². The second-order valence-corrected chi connectivity index (χ2v) is 5.63. The molecular formula is C15H13Cl2FN2O. The molecule has 110 valence electrons. The fourth-order valence-electron chi connectivity index (χ4n) is 2.43. The fourth-order valence-corrected chi connectivity index (χ4v) is 3.06. The van der Waals surface area contributed by atoms with E-state index in [-0.39, 0.29) is 16.4 Å². The summed E-state index contributed by atoms with van der Waals surface area (Å²) in [6.07, 6.45) is 2.70. The van der Waals surface area contributed by atoms with Gasteiger partial charge >= 0.3 is 0 Å². The quantitative estimate of drug-likeness (QED) is 0.788. The first-order chi connectivity index (χ1) is 10.1. The molecule has 0 aliphatic carbocycles. The Morgan fingerprint density at radius 3 is 2.52 bits per heavy atom. The van der Waals surface area contributed by atoms with Crippen molar-refractivity contribution in [2.24, 2.45) is 0 Å². The van der Waals surface area contributed by atoms with Crippen LogP contribution in [0.3, 0.4) is 0 Å². The van der Waals surface area contributed by atoms with Gasteiger partial charge in [0.2, 0.25) is 0 Å². The highest BCUT2D eigenvalue weighted by molar-refractivity contribution is 6.37. The molecule has 3 rings (SSSR count). The van der Waals surface area contributed by atoms with Gasteiger partial charge in [0.15, 0.2) is 0 Å². The van der Waals surface area contributed by atoms with E-state index in [1.165, 1.54) is 6.07 Å². The van der Waals surface area contributed by atoms with Gasteiger partial charge in [-0.05, 0) is 18.9 Å². The van der Waals surface area contributed by atoms with Crippen molar-refractivity contribution in [2.45, 2.75) is 25.4 Å². The lowest BCUT2D eigenvalue weighted by Gasteiger charge is -2.11. The number of rotatable bonds is 3. The van der Waals surface area contributed by atoms with Crippen molar-refractivity contribution in [3.8, 4) is 11.1 Å². The van der Waals surface area contributed by atoms with Gasteiger partial charge < -0.3 is 4.74 Å². The van der Waals surface area contributed by atoms with Crippen LogP contribution >= 0.6 is 23.2 Å². The number of ether oxygens (including phenoxy) is 1. The predicted molar refractivity (Wildman–Crippen MR) is 80.1 cm³/mol. The molecule has 0 spiro atoms. The molecule has 1 atom stereocenters. The van der Waals surface area contributed by atoms with E-state index in [1.807, 2.05) is 0 Å². The molecule has 0 saturated carbocycles. The van der Waals surface area contributed by atoms with Gasteiger partial charge in [0.1, 0.15) is 21.9 Å². The summed E-state index contributed by atoms with van der Waals surface area (Å²) in [4.78, 5) is 8.48. The number of aromatic nitrogens is 2. The molecule has 3 nitrogen and oxygen atoms in total. The maximum absolute atomic E-state index is 13.9. The van der Waals surface area contributed by atoms with Crippen LogP contribution in [0.15, 0.2) is 24.3 Å². The largest absolute Gasteiger partial charge is 0.378 e. The van der Waals surface area contributed by atoms with E-state index in [0.29, 0.717) is 23.4 Å². The lowest BCUT2D eigenvalue weighted by Crippen LogP contribution is -2.12. The van der Waals surface area contributed by atoms with Crippen LogP contribution in [0.2, 0.25) is 10.3 Å². The highest BCUT2D eigenvalue weighted by Crippen LogP contribution is 2.34. The zero-order chi connectivity index (χ0) is 14.8. The van der Waals surface area contributed by atoms with Crippen molar-refractivity contribution in [1.29, 1.82) is 0 Å². The van der Waals surface area contributed by atoms with E-state index < -0.39 is 5.82 Å². The first-order valence-corrected chi connectivity index (χ1v) is 7.49. The topological polar surface area (TPSA) is 35.0 Å². The summed E-state index contributed by atoms with van der Waals surface area (Å²) >= 11 is 12.4. The van der Waals surface area contributed by atoms with Crippen LogP contribution in [0.4, 0.5) is 4.39 Å². The van der Waals surface area contributed by atoms with E-state index in [1.54, 1.807) is 18.2 Å². The van der Waals surface area contributed by atoms with E-state index in [2.05, 4.69) is 9.97 Å². The van der Waals surface area contributed by atoms with Crippen molar-refractivity contribution in [3.05, 3.63) is 46.2 Å². The molecule has 0 amide bonds. The Morgan fingerprint density at radius 1 is 1.19 bits per heavy atom. The summed E-state index contributed by atoms with van der Waals surface area (Å²) in [5, 5.41) is 0.321. The Labute approximate surface area is 132 Å². The maximum atomic E-state index is 13.9. The van der Waals surface area contributed by atoms with Crippen molar-refractivity contribution in [3.63, 3.8) is 0 Å². The van der Waals surface area contributed by atoms with Gasteiger partial charge in [-0.1, -0.05) is 41.4 Å². The van der Waals surface area contributed by atoms with Crippen molar-refractivity contribution in [1.82, 2.24) is 9.97 Å². The molecule has 2 aromatic rings. The molecule has 21 heavy (non-hydrogen) atoms. The van der Waals surface area contributed by atoms with Gasteiger partial charge in [-0.15, -0.1) is 0 Å². The molecule has 6 heteroatoms. The van der Waals surface area contributed by atoms with Crippen LogP contribution in [0, 0.1) is 5.82 Å². The number of nitrogens with zero attached hydrogens (tertiary/aromatic N) is 2. The predicted octanol–water partition coefficient (Wildman–Crippen LogP) is 4.31. The lowest BCUT2D eigenvalue weighted by atomic mass is 10.1. The summed E-state index contributed by atoms with van der Waals surface area (Å²) in [6, 6.07) is 6.27. The molecule has 0 radical (unpaired) electrons. The second kappa shape index (κ2) is 6.26. The van der Waals surface area contributed by atoms with Crippen molar-refractivity contribution >= 4 is 23.2 Å². The van der Waals surface area contributed by atoms with Crippen LogP contribution in [0.1, 0.15) is 18.7 Å². The molecule has 1 unspecified atom stereocenters. The van der Waals surface area contributed by atoms with Gasteiger partial charge in [0.05, 0.1) is 11.7 Å². The Morgan fingerprint density at radius 2 is 1.90 bits per heavy atom. The SMILES string of the molecule is Fc1ccccc1-c1c(Cl)nc(CC2CCCO2)nc1Cl. The third-order valence-corrected chi connectivity index (χ3v) is 3.99. The first kappa shape index (κ1) is 14.7. The molecule has 1 aromatic carbocycles. The van der Waals surface area contributed by atoms with E-state index >= 15 is 0 Å². The number of benzene rings is 1.